The lowest BCUT2D eigenvalue weighted by Gasteiger charge is -2.35. The number of halogens is 1. The van der Waals surface area contributed by atoms with Crippen LogP contribution in [-0.4, -0.2) is 44.7 Å². The molecule has 6 heteroatoms. The van der Waals surface area contributed by atoms with Gasteiger partial charge in [0, 0.05) is 35.4 Å². The predicted octanol–water partition coefficient (Wildman–Crippen LogP) is 1.76. The van der Waals surface area contributed by atoms with E-state index >= 15 is 0 Å². The molecule has 0 atom stereocenters. The number of anilines is 1. The first-order valence-corrected chi connectivity index (χ1v) is 8.70. The number of hydrogen-bond donors (Lipinski definition) is 0. The van der Waals surface area contributed by atoms with Crippen molar-refractivity contribution in [1.82, 2.24) is 4.31 Å². The average Bonchev–Trinajstić information content (AvgIpc) is 2.39. The first-order valence-electron chi connectivity index (χ1n) is 6.01. The lowest BCUT2D eigenvalue weighted by atomic mass is 10.2. The van der Waals surface area contributed by atoms with E-state index < -0.39 is 10.0 Å². The lowest BCUT2D eigenvalue weighted by molar-refractivity contribution is 0.385. The Bertz CT molecular complexity index is 511. The van der Waals surface area contributed by atoms with Gasteiger partial charge in [0.1, 0.15) is 0 Å². The standard InChI is InChI=1S/C12H17IN2O2S/c1-2-18(16,17)15-8-6-14(7-9-15)12-5-3-4-11(13)10-12/h3-5,10H,2,6-9H2,1H3. The van der Waals surface area contributed by atoms with E-state index in [1.807, 2.05) is 6.07 Å². The Morgan fingerprint density at radius 1 is 1.22 bits per heavy atom. The predicted molar refractivity (Wildman–Crippen MR) is 82.4 cm³/mol. The van der Waals surface area contributed by atoms with Gasteiger partial charge >= 0.3 is 0 Å². The summed E-state index contributed by atoms with van der Waals surface area (Å²) in [5.41, 5.74) is 1.18. The molecule has 0 aliphatic carbocycles. The zero-order valence-electron chi connectivity index (χ0n) is 10.3. The van der Waals surface area contributed by atoms with Crippen LogP contribution in [0.5, 0.6) is 0 Å². The minimum atomic E-state index is -3.03. The fourth-order valence-corrected chi connectivity index (χ4v) is 3.69. The van der Waals surface area contributed by atoms with Gasteiger partial charge < -0.3 is 4.90 Å². The van der Waals surface area contributed by atoms with Crippen LogP contribution in [-0.2, 0) is 10.0 Å². The number of hydrogen-bond acceptors (Lipinski definition) is 3. The molecule has 1 aliphatic rings. The highest BCUT2D eigenvalue weighted by atomic mass is 127. The molecule has 0 saturated carbocycles. The highest BCUT2D eigenvalue weighted by Crippen LogP contribution is 2.20. The van der Waals surface area contributed by atoms with Gasteiger partial charge in [0.25, 0.3) is 0 Å². The highest BCUT2D eigenvalue weighted by molar-refractivity contribution is 14.1. The van der Waals surface area contributed by atoms with Crippen LogP contribution in [0, 0.1) is 3.57 Å². The van der Waals surface area contributed by atoms with Gasteiger partial charge in [-0.2, -0.15) is 4.31 Å². The van der Waals surface area contributed by atoms with E-state index in [2.05, 4.69) is 45.7 Å². The third kappa shape index (κ3) is 3.16. The zero-order valence-corrected chi connectivity index (χ0v) is 13.3. The van der Waals surface area contributed by atoms with E-state index in [1.165, 1.54) is 9.26 Å². The Kier molecular flexibility index (Phi) is 4.50. The molecule has 18 heavy (non-hydrogen) atoms. The van der Waals surface area contributed by atoms with Gasteiger partial charge in [-0.3, -0.25) is 0 Å². The summed E-state index contributed by atoms with van der Waals surface area (Å²) in [4.78, 5) is 2.24. The van der Waals surface area contributed by atoms with Crippen molar-refractivity contribution in [3.8, 4) is 0 Å². The van der Waals surface area contributed by atoms with Gasteiger partial charge in [-0.05, 0) is 47.7 Å². The number of nitrogens with zero attached hydrogens (tertiary/aromatic N) is 2. The molecule has 0 N–H and O–H groups in total. The molecule has 0 spiro atoms. The monoisotopic (exact) mass is 380 g/mol. The number of sulfonamides is 1. The summed E-state index contributed by atoms with van der Waals surface area (Å²) in [5, 5.41) is 0. The van der Waals surface area contributed by atoms with Gasteiger partial charge in [0.05, 0.1) is 5.75 Å². The molecule has 0 bridgehead atoms. The molecule has 100 valence electrons. The van der Waals surface area contributed by atoms with Crippen molar-refractivity contribution in [3.05, 3.63) is 27.8 Å². The molecule has 2 rings (SSSR count). The summed E-state index contributed by atoms with van der Waals surface area (Å²) < 4.78 is 26.3. The summed E-state index contributed by atoms with van der Waals surface area (Å²) in [6, 6.07) is 8.30. The SMILES string of the molecule is CCS(=O)(=O)N1CCN(c2cccc(I)c2)CC1. The van der Waals surface area contributed by atoms with Crippen molar-refractivity contribution < 1.29 is 8.42 Å². The van der Waals surface area contributed by atoms with Crippen LogP contribution in [0.1, 0.15) is 6.92 Å². The van der Waals surface area contributed by atoms with Crippen molar-refractivity contribution in [2.45, 2.75) is 6.92 Å². The Hall–Kier alpha value is -0.340. The van der Waals surface area contributed by atoms with Crippen LogP contribution in [0.2, 0.25) is 0 Å². The molecule has 1 saturated heterocycles. The maximum Gasteiger partial charge on any atom is 0.213 e. The molecule has 4 nitrogen and oxygen atoms in total. The topological polar surface area (TPSA) is 40.6 Å². The molecule has 1 aromatic carbocycles. The molecular formula is C12H17IN2O2S. The Balaban J connectivity index is 2.03. The van der Waals surface area contributed by atoms with Gasteiger partial charge in [-0.1, -0.05) is 6.07 Å². The summed E-state index contributed by atoms with van der Waals surface area (Å²) >= 11 is 2.29. The van der Waals surface area contributed by atoms with E-state index in [9.17, 15) is 8.42 Å². The van der Waals surface area contributed by atoms with Gasteiger partial charge in [-0.15, -0.1) is 0 Å². The third-order valence-electron chi connectivity index (χ3n) is 3.17. The number of piperazine rings is 1. The van der Waals surface area contributed by atoms with Crippen molar-refractivity contribution in [2.75, 3.05) is 36.8 Å². The van der Waals surface area contributed by atoms with Crippen LogP contribution >= 0.6 is 22.6 Å². The van der Waals surface area contributed by atoms with E-state index in [0.29, 0.717) is 13.1 Å². The fourth-order valence-electron chi connectivity index (χ4n) is 2.08. The van der Waals surface area contributed by atoms with Crippen molar-refractivity contribution >= 4 is 38.3 Å². The molecule has 1 heterocycles. The minimum Gasteiger partial charge on any atom is -0.369 e. The first-order chi connectivity index (χ1) is 8.53. The Morgan fingerprint density at radius 2 is 1.89 bits per heavy atom. The molecule has 1 aromatic rings. The normalized spacial score (nSPS) is 18.0. The van der Waals surface area contributed by atoms with Gasteiger partial charge in [0.15, 0.2) is 0 Å². The van der Waals surface area contributed by atoms with E-state index in [1.54, 1.807) is 11.2 Å². The van der Waals surface area contributed by atoms with Crippen LogP contribution in [0.25, 0.3) is 0 Å². The molecule has 0 unspecified atom stereocenters. The van der Waals surface area contributed by atoms with Crippen molar-refractivity contribution in [1.29, 1.82) is 0 Å². The van der Waals surface area contributed by atoms with Gasteiger partial charge in [-0.25, -0.2) is 8.42 Å². The summed E-state index contributed by atoms with van der Waals surface area (Å²) in [6.45, 7) is 4.39. The second-order valence-electron chi connectivity index (χ2n) is 4.27. The summed E-state index contributed by atoms with van der Waals surface area (Å²) in [6.07, 6.45) is 0. The smallest absolute Gasteiger partial charge is 0.213 e. The summed E-state index contributed by atoms with van der Waals surface area (Å²) in [5.74, 6) is 0.191. The summed E-state index contributed by atoms with van der Waals surface area (Å²) in [7, 11) is -3.03. The fraction of sp³-hybridized carbons (Fsp3) is 0.500. The zero-order chi connectivity index (χ0) is 13.2. The molecule has 1 fully saturated rings. The van der Waals surface area contributed by atoms with E-state index in [4.69, 9.17) is 0 Å². The molecule has 0 aromatic heterocycles. The minimum absolute atomic E-state index is 0.191. The van der Waals surface area contributed by atoms with Gasteiger partial charge in [0.2, 0.25) is 10.0 Å². The van der Waals surface area contributed by atoms with Crippen LogP contribution in [0.3, 0.4) is 0 Å². The number of rotatable bonds is 3. The maximum atomic E-state index is 11.8. The molecule has 0 amide bonds. The second-order valence-corrected chi connectivity index (χ2v) is 7.77. The van der Waals surface area contributed by atoms with E-state index in [-0.39, 0.29) is 5.75 Å². The second kappa shape index (κ2) is 5.75. The maximum absolute atomic E-state index is 11.8. The number of benzene rings is 1. The van der Waals surface area contributed by atoms with Crippen LogP contribution < -0.4 is 4.90 Å². The van der Waals surface area contributed by atoms with E-state index in [0.717, 1.165) is 13.1 Å². The van der Waals surface area contributed by atoms with Crippen molar-refractivity contribution in [3.63, 3.8) is 0 Å². The van der Waals surface area contributed by atoms with Crippen molar-refractivity contribution in [2.24, 2.45) is 0 Å². The average molecular weight is 380 g/mol. The largest absolute Gasteiger partial charge is 0.369 e. The Morgan fingerprint density at radius 3 is 2.44 bits per heavy atom. The third-order valence-corrected chi connectivity index (χ3v) is 5.72. The molecule has 1 aliphatic heterocycles. The quantitative estimate of drug-likeness (QED) is 0.751. The van der Waals surface area contributed by atoms with Crippen LogP contribution in [0.4, 0.5) is 5.69 Å². The van der Waals surface area contributed by atoms with Crippen LogP contribution in [0.15, 0.2) is 24.3 Å². The molecular weight excluding hydrogens is 363 g/mol. The molecule has 0 radical (unpaired) electrons. The first kappa shape index (κ1) is 14.1. The Labute approximate surface area is 122 Å². The lowest BCUT2D eigenvalue weighted by Crippen LogP contribution is -2.49. The highest BCUT2D eigenvalue weighted by Gasteiger charge is 2.25.